The first-order valence-electron chi connectivity index (χ1n) is 8.61. The largest absolute Gasteiger partial charge is 0.481 e. The Balaban J connectivity index is 2.20. The molecule has 2 aromatic rings. The molecule has 0 fully saturated rings. The summed E-state index contributed by atoms with van der Waals surface area (Å²) >= 11 is 1.31. The summed E-state index contributed by atoms with van der Waals surface area (Å²) in [4.78, 5) is 29.2. The molecule has 0 bridgehead atoms. The van der Waals surface area contributed by atoms with Crippen molar-refractivity contribution in [2.45, 2.75) is 24.3 Å². The van der Waals surface area contributed by atoms with Crippen LogP contribution in [0.4, 0.5) is 17.1 Å². The lowest BCUT2D eigenvalue weighted by Crippen LogP contribution is -2.15. The highest BCUT2D eigenvalue weighted by Crippen LogP contribution is 2.30. The minimum atomic E-state index is -0.712. The van der Waals surface area contributed by atoms with Crippen molar-refractivity contribution >= 4 is 35.0 Å². The summed E-state index contributed by atoms with van der Waals surface area (Å²) in [7, 11) is 2.97. The van der Waals surface area contributed by atoms with Crippen LogP contribution in [0.5, 0.6) is 11.8 Å². The molecule has 0 aliphatic carbocycles. The van der Waals surface area contributed by atoms with Crippen LogP contribution in [0, 0.1) is 26.1 Å². The SMILES string of the molecule is COc1cc(OC)nc(SC(/C=N/Nc2ccc([N+](=O)[O-])cc2[N+](=O)[O-])C(C)C)n1. The van der Waals surface area contributed by atoms with E-state index in [0.717, 1.165) is 12.1 Å². The van der Waals surface area contributed by atoms with Crippen molar-refractivity contribution in [3.8, 4) is 11.8 Å². The number of non-ortho nitro benzene ring substituents is 1. The molecule has 0 aliphatic rings. The quantitative estimate of drug-likeness (QED) is 0.192. The van der Waals surface area contributed by atoms with E-state index < -0.39 is 15.5 Å². The van der Waals surface area contributed by atoms with E-state index >= 15 is 0 Å². The van der Waals surface area contributed by atoms with Crippen LogP contribution in [0.15, 0.2) is 34.5 Å². The van der Waals surface area contributed by atoms with E-state index in [1.54, 1.807) is 12.3 Å². The first kappa shape index (κ1) is 22.8. The number of benzene rings is 1. The van der Waals surface area contributed by atoms with E-state index in [0.29, 0.717) is 16.9 Å². The molecule has 1 unspecified atom stereocenters. The molecule has 1 N–H and O–H groups in total. The monoisotopic (exact) mass is 436 g/mol. The third-order valence-corrected chi connectivity index (χ3v) is 5.10. The molecule has 2 rings (SSSR count). The maximum absolute atomic E-state index is 11.2. The van der Waals surface area contributed by atoms with Crippen molar-refractivity contribution in [2.75, 3.05) is 19.6 Å². The predicted molar refractivity (Wildman–Crippen MR) is 111 cm³/mol. The Morgan fingerprint density at radius 1 is 1.10 bits per heavy atom. The number of nitro benzene ring substituents is 2. The van der Waals surface area contributed by atoms with Gasteiger partial charge in [0.25, 0.3) is 5.69 Å². The van der Waals surface area contributed by atoms with Crippen LogP contribution in [0.2, 0.25) is 0 Å². The maximum atomic E-state index is 11.2. The fourth-order valence-corrected chi connectivity index (χ4v) is 3.09. The second-order valence-corrected chi connectivity index (χ2v) is 7.31. The van der Waals surface area contributed by atoms with Gasteiger partial charge in [0.05, 0.1) is 41.4 Å². The molecule has 0 spiro atoms. The molecule has 12 nitrogen and oxygen atoms in total. The number of anilines is 1. The summed E-state index contributed by atoms with van der Waals surface area (Å²) < 4.78 is 10.3. The molecular formula is C17H20N6O6S. The zero-order valence-electron chi connectivity index (χ0n) is 16.6. The van der Waals surface area contributed by atoms with Crippen LogP contribution in [-0.4, -0.2) is 45.5 Å². The van der Waals surface area contributed by atoms with Crippen molar-refractivity contribution in [2.24, 2.45) is 11.0 Å². The van der Waals surface area contributed by atoms with Crippen molar-refractivity contribution in [1.82, 2.24) is 9.97 Å². The lowest BCUT2D eigenvalue weighted by molar-refractivity contribution is -0.393. The van der Waals surface area contributed by atoms with Crippen molar-refractivity contribution in [3.05, 3.63) is 44.5 Å². The van der Waals surface area contributed by atoms with Crippen molar-refractivity contribution in [3.63, 3.8) is 0 Å². The number of aromatic nitrogens is 2. The van der Waals surface area contributed by atoms with Crippen LogP contribution in [0.3, 0.4) is 0 Å². The molecule has 1 aromatic carbocycles. The van der Waals surface area contributed by atoms with Gasteiger partial charge in [0.1, 0.15) is 5.69 Å². The third-order valence-electron chi connectivity index (χ3n) is 3.77. The number of hydrazone groups is 1. The first-order chi connectivity index (χ1) is 14.2. The standard InChI is InChI=1S/C17H20N6O6S/c1-10(2)14(30-17-19-15(28-3)8-16(20-17)29-4)9-18-21-12-6-5-11(22(24)25)7-13(12)23(26)27/h5-10,14,21H,1-4H3/b18-9+. The van der Waals surface area contributed by atoms with Gasteiger partial charge in [0.2, 0.25) is 11.8 Å². The Hall–Kier alpha value is -3.48. The minimum Gasteiger partial charge on any atom is -0.481 e. The van der Waals surface area contributed by atoms with Gasteiger partial charge >= 0.3 is 5.69 Å². The summed E-state index contributed by atoms with van der Waals surface area (Å²) in [5, 5.41) is 26.3. The molecular weight excluding hydrogens is 416 g/mol. The van der Waals surface area contributed by atoms with Gasteiger partial charge in [-0.1, -0.05) is 25.6 Å². The van der Waals surface area contributed by atoms with Gasteiger partial charge < -0.3 is 9.47 Å². The van der Waals surface area contributed by atoms with Gasteiger partial charge in [0, 0.05) is 12.3 Å². The van der Waals surface area contributed by atoms with E-state index in [4.69, 9.17) is 9.47 Å². The molecule has 1 atom stereocenters. The van der Waals surface area contributed by atoms with E-state index in [1.807, 2.05) is 13.8 Å². The molecule has 0 saturated heterocycles. The smallest absolute Gasteiger partial charge is 0.301 e. The lowest BCUT2D eigenvalue weighted by atomic mass is 10.1. The van der Waals surface area contributed by atoms with Crippen LogP contribution in [-0.2, 0) is 0 Å². The molecule has 13 heteroatoms. The molecule has 0 radical (unpaired) electrons. The van der Waals surface area contributed by atoms with Gasteiger partial charge in [-0.2, -0.15) is 15.1 Å². The summed E-state index contributed by atoms with van der Waals surface area (Å²) in [6.45, 7) is 3.94. The number of methoxy groups -OCH3 is 2. The summed E-state index contributed by atoms with van der Waals surface area (Å²) in [6.07, 6.45) is 1.57. The van der Waals surface area contributed by atoms with Crippen LogP contribution in [0.1, 0.15) is 13.8 Å². The van der Waals surface area contributed by atoms with E-state index in [2.05, 4.69) is 20.5 Å². The number of nitro groups is 2. The van der Waals surface area contributed by atoms with Gasteiger partial charge in [-0.05, 0) is 12.0 Å². The van der Waals surface area contributed by atoms with E-state index in [-0.39, 0.29) is 22.5 Å². The highest BCUT2D eigenvalue weighted by molar-refractivity contribution is 8.00. The fourth-order valence-electron chi connectivity index (χ4n) is 2.17. The Morgan fingerprint density at radius 2 is 1.73 bits per heavy atom. The second-order valence-electron chi connectivity index (χ2n) is 6.17. The Labute approximate surface area is 176 Å². The molecule has 0 aliphatic heterocycles. The number of hydrogen-bond donors (Lipinski definition) is 1. The summed E-state index contributed by atoms with van der Waals surface area (Å²) in [5.74, 6) is 0.819. The highest BCUT2D eigenvalue weighted by Gasteiger charge is 2.20. The summed E-state index contributed by atoms with van der Waals surface area (Å²) in [5.41, 5.74) is 1.79. The van der Waals surface area contributed by atoms with Crippen molar-refractivity contribution in [1.29, 1.82) is 0 Å². The zero-order valence-corrected chi connectivity index (χ0v) is 17.5. The summed E-state index contributed by atoms with van der Waals surface area (Å²) in [6, 6.07) is 4.83. The number of rotatable bonds is 10. The second kappa shape index (κ2) is 10.3. The highest BCUT2D eigenvalue weighted by atomic mass is 32.2. The number of thioether (sulfide) groups is 1. The molecule has 160 valence electrons. The predicted octanol–water partition coefficient (Wildman–Crippen LogP) is 3.52. The average molecular weight is 436 g/mol. The fraction of sp³-hybridized carbons (Fsp3) is 0.353. The zero-order chi connectivity index (χ0) is 22.3. The topological polar surface area (TPSA) is 155 Å². The molecule has 1 aromatic heterocycles. The Kier molecular flexibility index (Phi) is 7.86. The van der Waals surface area contributed by atoms with E-state index in [1.165, 1.54) is 32.0 Å². The maximum Gasteiger partial charge on any atom is 0.301 e. The normalized spacial score (nSPS) is 12.0. The first-order valence-corrected chi connectivity index (χ1v) is 9.48. The van der Waals surface area contributed by atoms with Crippen LogP contribution < -0.4 is 14.9 Å². The van der Waals surface area contributed by atoms with Crippen molar-refractivity contribution < 1.29 is 19.3 Å². The molecule has 1 heterocycles. The third kappa shape index (κ3) is 6.01. The van der Waals surface area contributed by atoms with E-state index in [9.17, 15) is 20.2 Å². The lowest BCUT2D eigenvalue weighted by Gasteiger charge is -2.15. The Morgan fingerprint density at radius 3 is 2.23 bits per heavy atom. The van der Waals surface area contributed by atoms with Gasteiger partial charge in [-0.3, -0.25) is 25.7 Å². The van der Waals surface area contributed by atoms with Crippen LogP contribution >= 0.6 is 11.8 Å². The Bertz CT molecular complexity index is 932. The number of hydrogen-bond acceptors (Lipinski definition) is 11. The van der Waals surface area contributed by atoms with Gasteiger partial charge in [-0.15, -0.1) is 0 Å². The number of ether oxygens (including phenoxy) is 2. The molecule has 30 heavy (non-hydrogen) atoms. The van der Waals surface area contributed by atoms with Gasteiger partial charge in [0.15, 0.2) is 5.16 Å². The van der Waals surface area contributed by atoms with Crippen LogP contribution in [0.25, 0.3) is 0 Å². The number of nitrogens with one attached hydrogen (secondary N) is 1. The minimum absolute atomic E-state index is 0.0358. The molecule has 0 amide bonds. The molecule has 0 saturated carbocycles. The average Bonchev–Trinajstić information content (AvgIpc) is 2.72. The van der Waals surface area contributed by atoms with Gasteiger partial charge in [-0.25, -0.2) is 0 Å². The number of nitrogens with zero attached hydrogens (tertiary/aromatic N) is 5.